The molecular formula is C24H25F3N8O2. The van der Waals surface area contributed by atoms with Crippen LogP contribution in [-0.4, -0.2) is 68.9 Å². The first-order valence-electron chi connectivity index (χ1n) is 11.6. The van der Waals surface area contributed by atoms with Gasteiger partial charge in [0.25, 0.3) is 0 Å². The molecule has 0 unspecified atom stereocenters. The Morgan fingerprint density at radius 3 is 2.62 bits per heavy atom. The largest absolute Gasteiger partial charge is 0.497 e. The zero-order valence-electron chi connectivity index (χ0n) is 20.2. The highest BCUT2D eigenvalue weighted by atomic mass is 19.4. The normalized spacial score (nSPS) is 14.3. The maximum absolute atomic E-state index is 13.5. The fourth-order valence-corrected chi connectivity index (χ4v) is 4.28. The van der Waals surface area contributed by atoms with Crippen LogP contribution in [0.2, 0.25) is 0 Å². The molecule has 5 rings (SSSR count). The van der Waals surface area contributed by atoms with Gasteiger partial charge >= 0.3 is 6.18 Å². The van der Waals surface area contributed by atoms with Gasteiger partial charge < -0.3 is 19.9 Å². The summed E-state index contributed by atoms with van der Waals surface area (Å²) in [5.41, 5.74) is 0.741. The third-order valence-electron chi connectivity index (χ3n) is 6.21. The molecule has 10 nitrogen and oxygen atoms in total. The quantitative estimate of drug-likeness (QED) is 0.406. The van der Waals surface area contributed by atoms with Gasteiger partial charge in [0.1, 0.15) is 11.3 Å². The van der Waals surface area contributed by atoms with Gasteiger partial charge in [0.05, 0.1) is 19.1 Å². The Bertz CT molecular complexity index is 1420. The summed E-state index contributed by atoms with van der Waals surface area (Å²) < 4.78 is 47.3. The number of fused-ring (bicyclic) bond motifs is 1. The molecule has 0 spiro atoms. The second kappa shape index (κ2) is 9.64. The van der Waals surface area contributed by atoms with Gasteiger partial charge in [0, 0.05) is 44.1 Å². The lowest BCUT2D eigenvalue weighted by Gasteiger charge is -2.35. The summed E-state index contributed by atoms with van der Waals surface area (Å²) in [6.45, 7) is 3.45. The lowest BCUT2D eigenvalue weighted by molar-refractivity contribution is -0.138. The molecule has 0 bridgehead atoms. The van der Waals surface area contributed by atoms with Crippen molar-refractivity contribution in [2.24, 2.45) is 0 Å². The van der Waals surface area contributed by atoms with E-state index in [1.165, 1.54) is 19.2 Å². The van der Waals surface area contributed by atoms with Crippen LogP contribution in [0.4, 0.5) is 30.8 Å². The van der Waals surface area contributed by atoms with Crippen LogP contribution in [0, 0.1) is 6.92 Å². The van der Waals surface area contributed by atoms with Crippen molar-refractivity contribution in [3.8, 4) is 5.75 Å². The van der Waals surface area contributed by atoms with Crippen molar-refractivity contribution in [1.82, 2.24) is 29.7 Å². The Kier molecular flexibility index (Phi) is 6.36. The highest BCUT2D eigenvalue weighted by molar-refractivity contribution is 5.79. The number of methoxy groups -OCH3 is 1. The van der Waals surface area contributed by atoms with Crippen LogP contribution in [0.25, 0.3) is 5.52 Å². The van der Waals surface area contributed by atoms with E-state index in [9.17, 15) is 18.0 Å². The molecule has 3 aromatic heterocycles. The van der Waals surface area contributed by atoms with Crippen molar-refractivity contribution in [2.75, 3.05) is 43.5 Å². The molecule has 0 atom stereocenters. The lowest BCUT2D eigenvalue weighted by atomic mass is 10.0. The van der Waals surface area contributed by atoms with Gasteiger partial charge in [-0.3, -0.25) is 9.89 Å². The summed E-state index contributed by atoms with van der Waals surface area (Å²) in [5.74, 6) is 1.40. The summed E-state index contributed by atoms with van der Waals surface area (Å²) in [6.07, 6.45) is -3.12. The Morgan fingerprint density at radius 2 is 1.95 bits per heavy atom. The van der Waals surface area contributed by atoms with Crippen LogP contribution in [0.15, 0.2) is 42.6 Å². The number of benzene rings is 1. The van der Waals surface area contributed by atoms with E-state index in [0.717, 1.165) is 17.3 Å². The number of ether oxygens (including phenoxy) is 1. The molecule has 194 valence electrons. The summed E-state index contributed by atoms with van der Waals surface area (Å²) in [5, 5.41) is 14.9. The lowest BCUT2D eigenvalue weighted by Crippen LogP contribution is -2.49. The van der Waals surface area contributed by atoms with E-state index in [1.54, 1.807) is 9.42 Å². The maximum atomic E-state index is 13.5. The summed E-state index contributed by atoms with van der Waals surface area (Å²) in [7, 11) is 1.30. The van der Waals surface area contributed by atoms with E-state index in [4.69, 9.17) is 4.74 Å². The van der Waals surface area contributed by atoms with Gasteiger partial charge in [-0.05, 0) is 36.8 Å². The van der Waals surface area contributed by atoms with Crippen LogP contribution >= 0.6 is 0 Å². The number of nitrogens with one attached hydrogen (secondary N) is 2. The summed E-state index contributed by atoms with van der Waals surface area (Å²) in [6, 6.07) is 9.26. The van der Waals surface area contributed by atoms with Crippen molar-refractivity contribution < 1.29 is 22.7 Å². The molecule has 13 heteroatoms. The number of alkyl halides is 3. The van der Waals surface area contributed by atoms with Gasteiger partial charge in [-0.2, -0.15) is 23.3 Å². The summed E-state index contributed by atoms with van der Waals surface area (Å²) in [4.78, 5) is 21.1. The molecule has 0 radical (unpaired) electrons. The molecule has 1 fully saturated rings. The summed E-state index contributed by atoms with van der Waals surface area (Å²) >= 11 is 0. The first-order chi connectivity index (χ1) is 17.7. The average molecular weight is 515 g/mol. The predicted molar refractivity (Wildman–Crippen MR) is 130 cm³/mol. The van der Waals surface area contributed by atoms with E-state index >= 15 is 0 Å². The Labute approximate surface area is 210 Å². The Hall–Kier alpha value is -4.29. The Morgan fingerprint density at radius 1 is 1.16 bits per heavy atom. The molecule has 4 aromatic rings. The standard InChI is InChI=1S/C24H25F3N8O2/c1-15-12-20(31-30-15)28-22-19-4-3-7-35(19)32-23(29-22)34-10-8-33(9-11-34)21(36)13-16-5-6-17(37-2)14-18(16)24(25,26)27/h3-7,12,14H,8-11,13H2,1-2H3,(H2,28,29,30,31,32). The van der Waals surface area contributed by atoms with Gasteiger partial charge in [-0.25, -0.2) is 4.52 Å². The number of carbonyl (C=O) groups is 1. The van der Waals surface area contributed by atoms with Crippen molar-refractivity contribution in [1.29, 1.82) is 0 Å². The van der Waals surface area contributed by atoms with E-state index in [1.807, 2.05) is 36.2 Å². The maximum Gasteiger partial charge on any atom is 0.416 e. The van der Waals surface area contributed by atoms with Gasteiger partial charge in [-0.1, -0.05) is 6.07 Å². The molecule has 1 aliphatic heterocycles. The number of aromatic nitrogens is 5. The van der Waals surface area contributed by atoms with Crippen molar-refractivity contribution in [3.05, 3.63) is 59.4 Å². The second-order valence-corrected chi connectivity index (χ2v) is 8.73. The van der Waals surface area contributed by atoms with Crippen LogP contribution in [-0.2, 0) is 17.4 Å². The monoisotopic (exact) mass is 514 g/mol. The SMILES string of the molecule is COc1ccc(CC(=O)N2CCN(c3nc(Nc4cc(C)[nH]n4)c4cccn4n3)CC2)c(C(F)(F)F)c1. The smallest absolute Gasteiger partial charge is 0.416 e. The highest BCUT2D eigenvalue weighted by Gasteiger charge is 2.35. The van der Waals surface area contributed by atoms with Crippen LogP contribution in [0.1, 0.15) is 16.8 Å². The minimum atomic E-state index is -4.59. The molecule has 1 saturated heterocycles. The first-order valence-corrected chi connectivity index (χ1v) is 11.6. The van der Waals surface area contributed by atoms with Crippen molar-refractivity contribution >= 4 is 29.0 Å². The number of anilines is 3. The third-order valence-corrected chi connectivity index (χ3v) is 6.21. The van der Waals surface area contributed by atoms with E-state index in [2.05, 4.69) is 25.6 Å². The number of halogens is 3. The fraction of sp³-hybridized carbons (Fsp3) is 0.333. The zero-order valence-corrected chi connectivity index (χ0v) is 20.2. The topological polar surface area (TPSA) is 104 Å². The second-order valence-electron chi connectivity index (χ2n) is 8.73. The van der Waals surface area contributed by atoms with Gasteiger partial charge in [-0.15, -0.1) is 5.10 Å². The Balaban J connectivity index is 1.28. The molecule has 0 saturated carbocycles. The van der Waals surface area contributed by atoms with Gasteiger partial charge in [0.2, 0.25) is 11.9 Å². The minimum Gasteiger partial charge on any atom is -0.497 e. The highest BCUT2D eigenvalue weighted by Crippen LogP contribution is 2.35. The molecule has 2 N–H and O–H groups in total. The molecule has 4 heterocycles. The molecule has 0 aliphatic carbocycles. The van der Waals surface area contributed by atoms with E-state index in [-0.39, 0.29) is 23.6 Å². The fourth-order valence-electron chi connectivity index (χ4n) is 4.28. The minimum absolute atomic E-state index is 0.0774. The number of aromatic amines is 1. The molecule has 1 aliphatic rings. The number of hydrogen-bond donors (Lipinski definition) is 2. The van der Waals surface area contributed by atoms with Crippen molar-refractivity contribution in [2.45, 2.75) is 19.5 Å². The number of carbonyl (C=O) groups excluding carboxylic acids is 1. The number of aryl methyl sites for hydroxylation is 1. The van der Waals surface area contributed by atoms with Gasteiger partial charge in [0.15, 0.2) is 11.6 Å². The van der Waals surface area contributed by atoms with Crippen LogP contribution < -0.4 is 15.0 Å². The molecular weight excluding hydrogens is 489 g/mol. The van der Waals surface area contributed by atoms with E-state index < -0.39 is 11.7 Å². The number of H-pyrrole nitrogens is 1. The molecule has 37 heavy (non-hydrogen) atoms. The number of nitrogens with zero attached hydrogens (tertiary/aromatic N) is 6. The van der Waals surface area contributed by atoms with E-state index in [0.29, 0.717) is 43.8 Å². The molecule has 1 amide bonds. The molecule has 1 aromatic carbocycles. The van der Waals surface area contributed by atoms with Crippen molar-refractivity contribution in [3.63, 3.8) is 0 Å². The first kappa shape index (κ1) is 24.4. The predicted octanol–water partition coefficient (Wildman–Crippen LogP) is 3.42. The number of piperazine rings is 1. The van der Waals surface area contributed by atoms with Crippen LogP contribution in [0.5, 0.6) is 5.75 Å². The zero-order chi connectivity index (χ0) is 26.2. The number of amides is 1. The number of rotatable bonds is 6. The van der Waals surface area contributed by atoms with Crippen LogP contribution in [0.3, 0.4) is 0 Å². The third kappa shape index (κ3) is 5.15. The number of hydrogen-bond acceptors (Lipinski definition) is 7. The average Bonchev–Trinajstić information content (AvgIpc) is 3.52.